The van der Waals surface area contributed by atoms with Crippen LogP contribution in [0, 0.1) is 0 Å². The topological polar surface area (TPSA) is 48.5 Å². The molecule has 0 unspecified atom stereocenters. The fourth-order valence-corrected chi connectivity index (χ4v) is 8.21. The van der Waals surface area contributed by atoms with Crippen LogP contribution in [0.3, 0.4) is 0 Å². The molecular formula is C51H33N5. The normalized spacial score (nSPS) is 11.6. The number of hydrogen-bond acceptors (Lipinski definition) is 3. The number of rotatable bonds is 6. The summed E-state index contributed by atoms with van der Waals surface area (Å²) < 4.78 is 4.76. The lowest BCUT2D eigenvalue weighted by atomic mass is 10.0. The van der Waals surface area contributed by atoms with Gasteiger partial charge in [-0.25, -0.2) is 9.97 Å². The maximum Gasteiger partial charge on any atom is 0.179 e. The minimum atomic E-state index is 0.591. The van der Waals surface area contributed by atoms with Crippen molar-refractivity contribution >= 4 is 43.6 Å². The van der Waals surface area contributed by atoms with Gasteiger partial charge in [0.15, 0.2) is 5.82 Å². The van der Waals surface area contributed by atoms with Gasteiger partial charge < -0.3 is 9.13 Å². The van der Waals surface area contributed by atoms with Gasteiger partial charge in [-0.15, -0.1) is 0 Å². The van der Waals surface area contributed by atoms with Gasteiger partial charge in [-0.2, -0.15) is 0 Å². The van der Waals surface area contributed by atoms with E-state index in [9.17, 15) is 0 Å². The highest BCUT2D eigenvalue weighted by Gasteiger charge is 2.17. The molecule has 0 amide bonds. The van der Waals surface area contributed by atoms with Crippen molar-refractivity contribution in [3.8, 4) is 56.5 Å². The lowest BCUT2D eigenvalue weighted by Gasteiger charge is -2.13. The SMILES string of the molecule is c1ccc(-c2cc(-c3ccccc3)nc(-c3cc(-c4ccc5c(c4)c4ccccc4n5-c4cccc(-n5c6ccccc6c6ccccc65)c4)ccn3)n2)cc1. The highest BCUT2D eigenvalue weighted by atomic mass is 15.0. The molecule has 7 aromatic carbocycles. The Morgan fingerprint density at radius 1 is 0.304 bits per heavy atom. The van der Waals surface area contributed by atoms with Crippen molar-refractivity contribution < 1.29 is 0 Å². The minimum absolute atomic E-state index is 0.591. The molecule has 4 aromatic heterocycles. The number of nitrogens with zero attached hydrogens (tertiary/aromatic N) is 5. The summed E-state index contributed by atoms with van der Waals surface area (Å²) in [5, 5.41) is 4.90. The summed E-state index contributed by atoms with van der Waals surface area (Å²) in [5.41, 5.74) is 13.6. The number of pyridine rings is 1. The summed E-state index contributed by atoms with van der Waals surface area (Å²) in [4.78, 5) is 14.9. The smallest absolute Gasteiger partial charge is 0.179 e. The van der Waals surface area contributed by atoms with Gasteiger partial charge in [0.25, 0.3) is 0 Å². The molecule has 56 heavy (non-hydrogen) atoms. The van der Waals surface area contributed by atoms with Gasteiger partial charge in [-0.05, 0) is 77.9 Å². The summed E-state index contributed by atoms with van der Waals surface area (Å²) >= 11 is 0. The van der Waals surface area contributed by atoms with Crippen LogP contribution in [-0.4, -0.2) is 24.1 Å². The lowest BCUT2D eigenvalue weighted by Crippen LogP contribution is -1.98. The third kappa shape index (κ3) is 5.29. The second-order valence-electron chi connectivity index (χ2n) is 14.1. The first-order valence-corrected chi connectivity index (χ1v) is 18.9. The molecular weight excluding hydrogens is 683 g/mol. The van der Waals surface area contributed by atoms with Gasteiger partial charge in [-0.3, -0.25) is 4.98 Å². The van der Waals surface area contributed by atoms with Crippen LogP contribution >= 0.6 is 0 Å². The van der Waals surface area contributed by atoms with Crippen molar-refractivity contribution in [3.05, 3.63) is 200 Å². The highest BCUT2D eigenvalue weighted by molar-refractivity contribution is 6.11. The van der Waals surface area contributed by atoms with Gasteiger partial charge in [0.05, 0.1) is 33.5 Å². The van der Waals surface area contributed by atoms with E-state index in [0.29, 0.717) is 5.82 Å². The van der Waals surface area contributed by atoms with E-state index in [1.54, 1.807) is 0 Å². The molecule has 0 aliphatic carbocycles. The Kier molecular flexibility index (Phi) is 7.42. The summed E-state index contributed by atoms with van der Waals surface area (Å²) in [6.07, 6.45) is 1.86. The van der Waals surface area contributed by atoms with Gasteiger partial charge >= 0.3 is 0 Å². The number of para-hydroxylation sites is 3. The van der Waals surface area contributed by atoms with Crippen LogP contribution < -0.4 is 0 Å². The van der Waals surface area contributed by atoms with E-state index in [1.807, 2.05) is 42.6 Å². The zero-order valence-electron chi connectivity index (χ0n) is 30.3. The fraction of sp³-hybridized carbons (Fsp3) is 0. The monoisotopic (exact) mass is 715 g/mol. The molecule has 0 bridgehead atoms. The van der Waals surface area contributed by atoms with E-state index in [0.717, 1.165) is 61.7 Å². The van der Waals surface area contributed by atoms with Crippen LogP contribution in [-0.2, 0) is 0 Å². The van der Waals surface area contributed by atoms with E-state index in [4.69, 9.17) is 15.0 Å². The first kappa shape index (κ1) is 31.9. The Hall–Kier alpha value is -7.63. The molecule has 0 aliphatic rings. The molecule has 0 N–H and O–H groups in total. The molecule has 5 heteroatoms. The minimum Gasteiger partial charge on any atom is -0.309 e. The van der Waals surface area contributed by atoms with Crippen molar-refractivity contribution in [2.24, 2.45) is 0 Å². The number of benzene rings is 7. The van der Waals surface area contributed by atoms with Crippen LogP contribution in [0.25, 0.3) is 100 Å². The predicted octanol–water partition coefficient (Wildman–Crippen LogP) is 12.7. The van der Waals surface area contributed by atoms with E-state index in [-0.39, 0.29) is 0 Å². The molecule has 0 aliphatic heterocycles. The van der Waals surface area contributed by atoms with Crippen LogP contribution in [0.15, 0.2) is 200 Å². The molecule has 0 atom stereocenters. The molecule has 0 saturated carbocycles. The van der Waals surface area contributed by atoms with Crippen LogP contribution in [0.5, 0.6) is 0 Å². The number of aromatic nitrogens is 5. The lowest BCUT2D eigenvalue weighted by molar-refractivity contribution is 1.13. The van der Waals surface area contributed by atoms with E-state index < -0.39 is 0 Å². The van der Waals surface area contributed by atoms with Crippen molar-refractivity contribution in [1.82, 2.24) is 24.1 Å². The Morgan fingerprint density at radius 3 is 1.36 bits per heavy atom. The molecule has 0 saturated heterocycles. The number of fused-ring (bicyclic) bond motifs is 6. The average molecular weight is 716 g/mol. The number of hydrogen-bond donors (Lipinski definition) is 0. The Balaban J connectivity index is 1.03. The van der Waals surface area contributed by atoms with Gasteiger partial charge in [-0.1, -0.05) is 127 Å². The Morgan fingerprint density at radius 2 is 0.786 bits per heavy atom. The van der Waals surface area contributed by atoms with E-state index in [1.165, 1.54) is 32.6 Å². The molecule has 11 aromatic rings. The van der Waals surface area contributed by atoms with Gasteiger partial charge in [0, 0.05) is 50.2 Å². The van der Waals surface area contributed by atoms with Crippen molar-refractivity contribution in [1.29, 1.82) is 0 Å². The van der Waals surface area contributed by atoms with Gasteiger partial charge in [0.1, 0.15) is 5.69 Å². The zero-order valence-corrected chi connectivity index (χ0v) is 30.3. The molecule has 262 valence electrons. The molecule has 11 rings (SSSR count). The van der Waals surface area contributed by atoms with Gasteiger partial charge in [0.2, 0.25) is 0 Å². The van der Waals surface area contributed by atoms with Crippen molar-refractivity contribution in [2.75, 3.05) is 0 Å². The molecule has 4 heterocycles. The third-order valence-corrected chi connectivity index (χ3v) is 10.8. The van der Waals surface area contributed by atoms with Crippen LogP contribution in [0.1, 0.15) is 0 Å². The summed E-state index contributed by atoms with van der Waals surface area (Å²) in [5.74, 6) is 0.591. The second-order valence-corrected chi connectivity index (χ2v) is 14.1. The van der Waals surface area contributed by atoms with Crippen molar-refractivity contribution in [2.45, 2.75) is 0 Å². The Bertz CT molecular complexity index is 3140. The first-order valence-electron chi connectivity index (χ1n) is 18.9. The molecule has 0 radical (unpaired) electrons. The third-order valence-electron chi connectivity index (χ3n) is 10.8. The predicted molar refractivity (Wildman–Crippen MR) is 230 cm³/mol. The van der Waals surface area contributed by atoms with Crippen LogP contribution in [0.2, 0.25) is 0 Å². The van der Waals surface area contributed by atoms with Crippen LogP contribution in [0.4, 0.5) is 0 Å². The highest BCUT2D eigenvalue weighted by Crippen LogP contribution is 2.37. The summed E-state index contributed by atoms with van der Waals surface area (Å²) in [6, 6.07) is 68.4. The standard InChI is InChI=1S/C51H33N5/c1-3-14-34(15-4-1)44-33-45(35-16-5-2-6-17-35)54-51(53-44)46-31-37(28-29-52-46)36-26-27-50-43(30-36)42-22-9-12-25-49(42)56(50)39-19-13-18-38(32-39)55-47-23-10-7-20-40(47)41-21-8-11-24-48(41)55/h1-33H. The molecule has 0 spiro atoms. The maximum atomic E-state index is 5.04. The second kappa shape index (κ2) is 13.0. The largest absolute Gasteiger partial charge is 0.309 e. The Labute approximate surface area is 323 Å². The fourth-order valence-electron chi connectivity index (χ4n) is 8.21. The van der Waals surface area contributed by atoms with Crippen molar-refractivity contribution in [3.63, 3.8) is 0 Å². The zero-order chi connectivity index (χ0) is 37.0. The van der Waals surface area contributed by atoms with E-state index in [2.05, 4.69) is 167 Å². The van der Waals surface area contributed by atoms with E-state index >= 15 is 0 Å². The summed E-state index contributed by atoms with van der Waals surface area (Å²) in [7, 11) is 0. The maximum absolute atomic E-state index is 5.04. The molecule has 5 nitrogen and oxygen atoms in total. The summed E-state index contributed by atoms with van der Waals surface area (Å²) in [6.45, 7) is 0. The average Bonchev–Trinajstić information content (AvgIpc) is 3.80. The quantitative estimate of drug-likeness (QED) is 0.172. The first-order chi connectivity index (χ1) is 27.8. The molecule has 0 fully saturated rings.